The molecule has 168 valence electrons. The molecule has 0 saturated carbocycles. The fourth-order valence-electron chi connectivity index (χ4n) is 3.56. The summed E-state index contributed by atoms with van der Waals surface area (Å²) in [5.74, 6) is 1.28. The minimum Gasteiger partial charge on any atom is -0.490 e. The van der Waals surface area contributed by atoms with Gasteiger partial charge in [-0.25, -0.2) is 0 Å². The first-order valence-corrected chi connectivity index (χ1v) is 11.0. The summed E-state index contributed by atoms with van der Waals surface area (Å²) >= 11 is 0. The number of para-hydroxylation sites is 2. The van der Waals surface area contributed by atoms with Crippen molar-refractivity contribution >= 4 is 23.8 Å². The van der Waals surface area contributed by atoms with Gasteiger partial charge in [0.15, 0.2) is 5.78 Å². The number of carbonyl (C=O) groups is 2. The van der Waals surface area contributed by atoms with E-state index in [2.05, 4.69) is 0 Å². The Hall–Kier alpha value is -3.34. The number of ether oxygens (including phenoxy) is 2. The molecule has 3 rings (SSSR count). The van der Waals surface area contributed by atoms with Crippen LogP contribution >= 0.6 is 0 Å². The largest absolute Gasteiger partial charge is 0.490 e. The van der Waals surface area contributed by atoms with E-state index in [4.69, 9.17) is 9.47 Å². The smallest absolute Gasteiger partial charge is 0.220 e. The van der Waals surface area contributed by atoms with Gasteiger partial charge in [-0.15, -0.1) is 0 Å². The number of likely N-dealkylation sites (tertiary alicyclic amines) is 1. The second-order valence-electron chi connectivity index (χ2n) is 8.45. The Kier molecular flexibility index (Phi) is 7.52. The van der Waals surface area contributed by atoms with E-state index >= 15 is 0 Å². The monoisotopic (exact) mass is 433 g/mol. The molecule has 1 heterocycles. The normalized spacial score (nSPS) is 16.8. The van der Waals surface area contributed by atoms with Gasteiger partial charge in [-0.1, -0.05) is 36.4 Å². The van der Waals surface area contributed by atoms with Crippen LogP contribution in [0.1, 0.15) is 45.7 Å². The summed E-state index contributed by atoms with van der Waals surface area (Å²) in [6.07, 6.45) is 3.69. The molecule has 0 spiro atoms. The standard InChI is InChI=1S/C27H31NO4/c1-18(2)31-25-12-8-6-10-21(25)14-23-16-28(20(5)29)17-24(27(23)30)15-22-11-7-9-13-26(22)32-19(3)4/h6-15,18-19H,16-17H2,1-5H3/b23-14+,24-15+. The van der Waals surface area contributed by atoms with Crippen molar-refractivity contribution in [2.24, 2.45) is 0 Å². The van der Waals surface area contributed by atoms with Crippen molar-refractivity contribution in [1.29, 1.82) is 0 Å². The first-order chi connectivity index (χ1) is 15.2. The number of benzene rings is 2. The summed E-state index contributed by atoms with van der Waals surface area (Å²) in [5.41, 5.74) is 2.75. The maximum absolute atomic E-state index is 13.4. The SMILES string of the molecule is CC(=O)N1C/C(=C\c2ccccc2OC(C)C)C(=O)/C(=C/c2ccccc2OC(C)C)C1. The molecule has 1 saturated heterocycles. The second-order valence-corrected chi connectivity index (χ2v) is 8.45. The van der Waals surface area contributed by atoms with Crippen molar-refractivity contribution in [2.75, 3.05) is 13.1 Å². The van der Waals surface area contributed by atoms with Crippen molar-refractivity contribution < 1.29 is 19.1 Å². The van der Waals surface area contributed by atoms with Gasteiger partial charge in [0.25, 0.3) is 0 Å². The summed E-state index contributed by atoms with van der Waals surface area (Å²) in [4.78, 5) is 27.3. The molecule has 0 unspecified atom stereocenters. The van der Waals surface area contributed by atoms with Crippen LogP contribution in [0.25, 0.3) is 12.2 Å². The first kappa shape index (κ1) is 23.3. The molecule has 5 heteroatoms. The maximum atomic E-state index is 13.4. The minimum absolute atomic E-state index is 0.0123. The number of hydrogen-bond acceptors (Lipinski definition) is 4. The molecular weight excluding hydrogens is 402 g/mol. The van der Waals surface area contributed by atoms with Gasteiger partial charge >= 0.3 is 0 Å². The lowest BCUT2D eigenvalue weighted by Gasteiger charge is -2.29. The van der Waals surface area contributed by atoms with Gasteiger partial charge < -0.3 is 14.4 Å². The van der Waals surface area contributed by atoms with Crippen LogP contribution < -0.4 is 9.47 Å². The highest BCUT2D eigenvalue weighted by Gasteiger charge is 2.28. The van der Waals surface area contributed by atoms with E-state index < -0.39 is 0 Å². The highest BCUT2D eigenvalue weighted by molar-refractivity contribution is 6.15. The van der Waals surface area contributed by atoms with E-state index in [-0.39, 0.29) is 37.0 Å². The number of Topliss-reactive ketones (excluding diaryl/α,β-unsaturated/α-hetero) is 1. The van der Waals surface area contributed by atoms with Crippen molar-refractivity contribution in [3.05, 3.63) is 70.8 Å². The van der Waals surface area contributed by atoms with Gasteiger partial charge in [-0.05, 0) is 52.0 Å². The molecule has 1 amide bonds. The average Bonchev–Trinajstić information content (AvgIpc) is 2.72. The second kappa shape index (κ2) is 10.3. The van der Waals surface area contributed by atoms with Crippen LogP contribution in [0.3, 0.4) is 0 Å². The predicted octanol–water partition coefficient (Wildman–Crippen LogP) is 5.16. The van der Waals surface area contributed by atoms with Crippen molar-refractivity contribution in [1.82, 2.24) is 4.90 Å². The molecule has 0 aliphatic carbocycles. The molecular formula is C27H31NO4. The van der Waals surface area contributed by atoms with E-state index in [1.165, 1.54) is 6.92 Å². The molecule has 1 aliphatic heterocycles. The van der Waals surface area contributed by atoms with E-state index in [0.717, 1.165) is 11.1 Å². The molecule has 2 aromatic rings. The molecule has 0 N–H and O–H groups in total. The number of hydrogen-bond donors (Lipinski definition) is 0. The summed E-state index contributed by atoms with van der Waals surface area (Å²) in [5, 5.41) is 0. The number of carbonyl (C=O) groups excluding carboxylic acids is 2. The quantitative estimate of drug-likeness (QED) is 0.591. The van der Waals surface area contributed by atoms with Gasteiger partial charge in [-0.3, -0.25) is 9.59 Å². The molecule has 1 fully saturated rings. The van der Waals surface area contributed by atoms with Gasteiger partial charge in [-0.2, -0.15) is 0 Å². The number of amides is 1. The predicted molar refractivity (Wildman–Crippen MR) is 128 cm³/mol. The van der Waals surface area contributed by atoms with Gasteiger partial charge in [0.05, 0.1) is 12.2 Å². The van der Waals surface area contributed by atoms with Crippen molar-refractivity contribution in [3.8, 4) is 11.5 Å². The summed E-state index contributed by atoms with van der Waals surface area (Å²) in [6.45, 7) is 9.92. The maximum Gasteiger partial charge on any atom is 0.220 e. The Labute approximate surface area is 190 Å². The Morgan fingerprint density at radius 3 is 1.59 bits per heavy atom. The molecule has 5 nitrogen and oxygen atoms in total. The highest BCUT2D eigenvalue weighted by atomic mass is 16.5. The fourth-order valence-corrected chi connectivity index (χ4v) is 3.56. The number of ketones is 1. The number of nitrogens with zero attached hydrogens (tertiary/aromatic N) is 1. The third-order valence-corrected chi connectivity index (χ3v) is 4.97. The lowest BCUT2D eigenvalue weighted by Crippen LogP contribution is -2.40. The van der Waals surface area contributed by atoms with Gasteiger partial charge in [0.2, 0.25) is 5.91 Å². The van der Waals surface area contributed by atoms with E-state index in [0.29, 0.717) is 22.6 Å². The number of piperidine rings is 1. The molecule has 0 bridgehead atoms. The lowest BCUT2D eigenvalue weighted by molar-refractivity contribution is -0.129. The Bertz CT molecular complexity index is 974. The Morgan fingerprint density at radius 2 is 1.22 bits per heavy atom. The topological polar surface area (TPSA) is 55.8 Å². The number of rotatable bonds is 6. The summed E-state index contributed by atoms with van der Waals surface area (Å²) in [6, 6.07) is 15.2. The minimum atomic E-state index is -0.0762. The zero-order valence-corrected chi connectivity index (χ0v) is 19.4. The van der Waals surface area contributed by atoms with E-state index in [1.54, 1.807) is 4.90 Å². The molecule has 1 aliphatic rings. The van der Waals surface area contributed by atoms with Crippen LogP contribution in [0.2, 0.25) is 0 Å². The van der Waals surface area contributed by atoms with Crippen LogP contribution in [-0.4, -0.2) is 41.9 Å². The molecule has 32 heavy (non-hydrogen) atoms. The van der Waals surface area contributed by atoms with Crippen molar-refractivity contribution in [2.45, 2.75) is 46.8 Å². The lowest BCUT2D eigenvalue weighted by atomic mass is 9.94. The van der Waals surface area contributed by atoms with Crippen LogP contribution in [0, 0.1) is 0 Å². The average molecular weight is 434 g/mol. The fraction of sp³-hybridized carbons (Fsp3) is 0.333. The van der Waals surface area contributed by atoms with Crippen LogP contribution in [0.4, 0.5) is 0 Å². The van der Waals surface area contributed by atoms with Gasteiger partial charge in [0, 0.05) is 42.3 Å². The zero-order valence-electron chi connectivity index (χ0n) is 19.4. The van der Waals surface area contributed by atoms with Crippen LogP contribution in [-0.2, 0) is 9.59 Å². The van der Waals surface area contributed by atoms with Crippen LogP contribution in [0.15, 0.2) is 59.7 Å². The third-order valence-electron chi connectivity index (χ3n) is 4.97. The van der Waals surface area contributed by atoms with E-state index in [9.17, 15) is 9.59 Å². The highest BCUT2D eigenvalue weighted by Crippen LogP contribution is 2.28. The Balaban J connectivity index is 2.03. The Morgan fingerprint density at radius 1 is 0.812 bits per heavy atom. The van der Waals surface area contributed by atoms with Crippen LogP contribution in [0.5, 0.6) is 11.5 Å². The first-order valence-electron chi connectivity index (χ1n) is 11.0. The molecule has 0 atom stereocenters. The van der Waals surface area contributed by atoms with Gasteiger partial charge in [0.1, 0.15) is 11.5 Å². The van der Waals surface area contributed by atoms with Crippen molar-refractivity contribution in [3.63, 3.8) is 0 Å². The molecule has 0 aromatic heterocycles. The van der Waals surface area contributed by atoms with E-state index in [1.807, 2.05) is 88.4 Å². The molecule has 0 radical (unpaired) electrons. The summed E-state index contributed by atoms with van der Waals surface area (Å²) < 4.78 is 11.8. The third kappa shape index (κ3) is 5.88. The summed E-state index contributed by atoms with van der Waals surface area (Å²) in [7, 11) is 0. The zero-order chi connectivity index (χ0) is 23.3. The molecule has 2 aromatic carbocycles.